The normalized spacial score (nSPS) is 22.2. The predicted molar refractivity (Wildman–Crippen MR) is 113 cm³/mol. The van der Waals surface area contributed by atoms with E-state index in [-0.39, 0.29) is 19.2 Å². The Hall–Kier alpha value is -3.55. The van der Waals surface area contributed by atoms with Crippen molar-refractivity contribution in [2.45, 2.75) is 31.4 Å². The van der Waals surface area contributed by atoms with E-state index in [1.807, 2.05) is 48.5 Å². The smallest absolute Gasteiger partial charge is 0.325 e. The number of hydrogen-bond donors (Lipinski definition) is 2. The third-order valence-electron chi connectivity index (χ3n) is 5.50. The van der Waals surface area contributed by atoms with Crippen LogP contribution in [0.15, 0.2) is 54.6 Å². The second-order valence-electron chi connectivity index (χ2n) is 7.94. The van der Waals surface area contributed by atoms with Crippen molar-refractivity contribution in [2.24, 2.45) is 0 Å². The summed E-state index contributed by atoms with van der Waals surface area (Å²) in [6, 6.07) is 16.5. The summed E-state index contributed by atoms with van der Waals surface area (Å²) in [5, 5.41) is 5.45. The highest BCUT2D eigenvalue weighted by atomic mass is 16.6. The van der Waals surface area contributed by atoms with Gasteiger partial charge in [0.15, 0.2) is 11.5 Å². The molecule has 31 heavy (non-hydrogen) atoms. The van der Waals surface area contributed by atoms with E-state index in [9.17, 15) is 14.4 Å². The number of urea groups is 1. The Bertz CT molecular complexity index is 980. The highest BCUT2D eigenvalue weighted by Gasteiger charge is 2.47. The minimum Gasteiger partial charge on any atom is -0.486 e. The zero-order valence-electron chi connectivity index (χ0n) is 17.3. The zero-order valence-corrected chi connectivity index (χ0v) is 17.3. The molecule has 4 amide bonds. The molecule has 8 nitrogen and oxygen atoms in total. The largest absolute Gasteiger partial charge is 0.486 e. The van der Waals surface area contributed by atoms with E-state index in [0.29, 0.717) is 30.9 Å². The van der Waals surface area contributed by atoms with Crippen molar-refractivity contribution in [1.29, 1.82) is 0 Å². The lowest BCUT2D eigenvalue weighted by Gasteiger charge is -2.26. The maximum absolute atomic E-state index is 12.9. The summed E-state index contributed by atoms with van der Waals surface area (Å²) in [6.07, 6.45) is 0.745. The highest BCUT2D eigenvalue weighted by Crippen LogP contribution is 2.30. The molecule has 0 saturated carbocycles. The summed E-state index contributed by atoms with van der Waals surface area (Å²) in [7, 11) is 0. The van der Waals surface area contributed by atoms with Crippen LogP contribution in [0.3, 0.4) is 0 Å². The second-order valence-corrected chi connectivity index (χ2v) is 7.94. The van der Waals surface area contributed by atoms with Crippen molar-refractivity contribution in [3.05, 3.63) is 60.2 Å². The van der Waals surface area contributed by atoms with Crippen LogP contribution in [0.5, 0.6) is 11.5 Å². The van der Waals surface area contributed by atoms with Gasteiger partial charge in [-0.05, 0) is 37.5 Å². The summed E-state index contributed by atoms with van der Waals surface area (Å²) in [6.45, 7) is 1.87. The van der Waals surface area contributed by atoms with Crippen LogP contribution in [0.2, 0.25) is 0 Å². The summed E-state index contributed by atoms with van der Waals surface area (Å²) in [5.41, 5.74) is 0.0512. The number of nitrogens with zero attached hydrogens (tertiary/aromatic N) is 1. The van der Waals surface area contributed by atoms with Crippen molar-refractivity contribution in [2.75, 3.05) is 19.7 Å². The lowest BCUT2D eigenvalue weighted by Crippen LogP contribution is -2.47. The molecule has 2 aromatic carbocycles. The number of imide groups is 1. The quantitative estimate of drug-likeness (QED) is 0.663. The Morgan fingerprint density at radius 1 is 1.13 bits per heavy atom. The molecule has 2 N–H and O–H groups in total. The van der Waals surface area contributed by atoms with Crippen molar-refractivity contribution in [3.63, 3.8) is 0 Å². The summed E-state index contributed by atoms with van der Waals surface area (Å²) in [5.74, 6) is 0.462. The topological polar surface area (TPSA) is 97.0 Å². The molecule has 2 heterocycles. The van der Waals surface area contributed by atoms with Gasteiger partial charge in [0.05, 0.1) is 6.54 Å². The maximum atomic E-state index is 12.9. The van der Waals surface area contributed by atoms with Crippen LogP contribution in [0.25, 0.3) is 0 Å². The van der Waals surface area contributed by atoms with Gasteiger partial charge in [0.25, 0.3) is 5.91 Å². The average molecular weight is 423 g/mol. The molecule has 2 aliphatic heterocycles. The number of hydrogen-bond acceptors (Lipinski definition) is 5. The number of fused-ring (bicyclic) bond motifs is 1. The van der Waals surface area contributed by atoms with E-state index in [0.717, 1.165) is 10.5 Å². The lowest BCUT2D eigenvalue weighted by atomic mass is 9.93. The standard InChI is InChI=1S/C23H25N3O5/c1-23(12-11-16-7-3-2-4-8-16)21(28)26(22(29)25-23)14-20(27)24-13-17-15-30-18-9-5-6-10-19(18)31-17/h2-10,17H,11-15H2,1H3,(H,24,27)(H,25,29)/t17-,23-/m0/s1. The minimum absolute atomic E-state index is 0.210. The molecule has 8 heteroatoms. The Morgan fingerprint density at radius 2 is 1.84 bits per heavy atom. The molecular formula is C23H25N3O5. The third-order valence-corrected chi connectivity index (χ3v) is 5.50. The molecule has 1 fully saturated rings. The molecule has 0 aromatic heterocycles. The number of carbonyl (C=O) groups excluding carboxylic acids is 3. The number of nitrogens with one attached hydrogen (secondary N) is 2. The van der Waals surface area contributed by atoms with Crippen LogP contribution in [0, 0.1) is 0 Å². The van der Waals surface area contributed by atoms with E-state index >= 15 is 0 Å². The fourth-order valence-corrected chi connectivity index (χ4v) is 3.69. The Labute approximate surface area is 180 Å². The van der Waals surface area contributed by atoms with Crippen molar-refractivity contribution in [1.82, 2.24) is 15.5 Å². The predicted octanol–water partition coefficient (Wildman–Crippen LogP) is 1.89. The van der Waals surface area contributed by atoms with Crippen LogP contribution in [-0.2, 0) is 16.0 Å². The molecule has 2 aromatic rings. The number of aryl methyl sites for hydroxylation is 1. The lowest BCUT2D eigenvalue weighted by molar-refractivity contribution is -0.134. The van der Waals surface area contributed by atoms with Crippen LogP contribution in [-0.4, -0.2) is 54.1 Å². The molecule has 0 unspecified atom stereocenters. The Balaban J connectivity index is 1.28. The summed E-state index contributed by atoms with van der Waals surface area (Å²) in [4.78, 5) is 38.6. The van der Waals surface area contributed by atoms with Crippen molar-refractivity contribution in [3.8, 4) is 11.5 Å². The third kappa shape index (κ3) is 4.63. The fraction of sp³-hybridized carbons (Fsp3) is 0.348. The fourth-order valence-electron chi connectivity index (χ4n) is 3.69. The number of rotatable bonds is 7. The van der Waals surface area contributed by atoms with Gasteiger partial charge in [-0.25, -0.2) is 4.79 Å². The number of benzene rings is 2. The highest BCUT2D eigenvalue weighted by molar-refractivity contribution is 6.08. The average Bonchev–Trinajstić information content (AvgIpc) is 3.00. The van der Waals surface area contributed by atoms with Gasteiger partial charge in [0, 0.05) is 0 Å². The molecule has 0 radical (unpaired) electrons. The maximum Gasteiger partial charge on any atom is 0.325 e. The number of amides is 4. The van der Waals surface area contributed by atoms with Crippen LogP contribution in [0.1, 0.15) is 18.9 Å². The SMILES string of the molecule is C[C@@]1(CCc2ccccc2)NC(=O)N(CC(=O)NC[C@H]2COc3ccccc3O2)C1=O. The van der Waals surface area contributed by atoms with Crippen molar-refractivity contribution < 1.29 is 23.9 Å². The van der Waals surface area contributed by atoms with Crippen LogP contribution < -0.4 is 20.1 Å². The zero-order chi connectivity index (χ0) is 21.8. The molecule has 4 rings (SSSR count). The molecule has 0 aliphatic carbocycles. The molecular weight excluding hydrogens is 398 g/mol. The molecule has 162 valence electrons. The van der Waals surface area contributed by atoms with Gasteiger partial charge in [-0.3, -0.25) is 14.5 Å². The number of ether oxygens (including phenoxy) is 2. The van der Waals surface area contributed by atoms with Gasteiger partial charge in [-0.15, -0.1) is 0 Å². The van der Waals surface area contributed by atoms with Gasteiger partial charge in [-0.2, -0.15) is 0 Å². The first-order valence-corrected chi connectivity index (χ1v) is 10.3. The monoisotopic (exact) mass is 423 g/mol. The van der Waals surface area contributed by atoms with Crippen LogP contribution >= 0.6 is 0 Å². The first-order chi connectivity index (χ1) is 14.9. The van der Waals surface area contributed by atoms with E-state index in [4.69, 9.17) is 9.47 Å². The summed E-state index contributed by atoms with van der Waals surface area (Å²) < 4.78 is 11.4. The molecule has 1 saturated heterocycles. The second kappa shape index (κ2) is 8.67. The minimum atomic E-state index is -1.03. The molecule has 2 aliphatic rings. The Morgan fingerprint density at radius 3 is 2.61 bits per heavy atom. The first kappa shape index (κ1) is 20.7. The van der Waals surface area contributed by atoms with Gasteiger partial charge in [-0.1, -0.05) is 42.5 Å². The van der Waals surface area contributed by atoms with E-state index in [2.05, 4.69) is 10.6 Å². The van der Waals surface area contributed by atoms with E-state index in [1.54, 1.807) is 13.0 Å². The number of para-hydroxylation sites is 2. The van der Waals surface area contributed by atoms with E-state index in [1.165, 1.54) is 0 Å². The van der Waals surface area contributed by atoms with Gasteiger partial charge < -0.3 is 20.1 Å². The molecule has 2 atom stereocenters. The number of carbonyl (C=O) groups is 3. The van der Waals surface area contributed by atoms with Gasteiger partial charge in [0.1, 0.15) is 24.8 Å². The van der Waals surface area contributed by atoms with Gasteiger partial charge in [0.2, 0.25) is 5.91 Å². The molecule has 0 bridgehead atoms. The van der Waals surface area contributed by atoms with Gasteiger partial charge >= 0.3 is 6.03 Å². The molecule has 0 spiro atoms. The van der Waals surface area contributed by atoms with E-state index < -0.39 is 23.4 Å². The van der Waals surface area contributed by atoms with Crippen LogP contribution in [0.4, 0.5) is 4.79 Å². The van der Waals surface area contributed by atoms with Crippen molar-refractivity contribution >= 4 is 17.8 Å². The summed E-state index contributed by atoms with van der Waals surface area (Å²) >= 11 is 0. The first-order valence-electron chi connectivity index (χ1n) is 10.3. The Kier molecular flexibility index (Phi) is 5.79.